The molecule has 1 saturated heterocycles. The van der Waals surface area contributed by atoms with Crippen molar-refractivity contribution in [1.82, 2.24) is 9.88 Å². The standard InChI is InChI=1S/C16H19ClN2O2/c1-19-14(9-12-3-2-4-13(17)15(12)19)16(20)18-7-5-11-6-8-21-10-11/h2-4,9,11H,5-8,10H2,1H3,(H,18,20)/t11-/m1/s1. The van der Waals surface area contributed by atoms with Gasteiger partial charge in [0.2, 0.25) is 0 Å². The SMILES string of the molecule is Cn1c(C(=O)NCC[C@@H]2CCOC2)cc2cccc(Cl)c21. The van der Waals surface area contributed by atoms with Crippen LogP contribution in [0.5, 0.6) is 0 Å². The molecule has 112 valence electrons. The molecule has 0 bridgehead atoms. The number of fused-ring (bicyclic) bond motifs is 1. The summed E-state index contributed by atoms with van der Waals surface area (Å²) < 4.78 is 7.19. The van der Waals surface area contributed by atoms with Crippen LogP contribution in [-0.2, 0) is 11.8 Å². The molecule has 2 heterocycles. The number of para-hydroxylation sites is 1. The van der Waals surface area contributed by atoms with Gasteiger partial charge in [0.15, 0.2) is 0 Å². The molecule has 21 heavy (non-hydrogen) atoms. The number of nitrogens with zero attached hydrogens (tertiary/aromatic N) is 1. The van der Waals surface area contributed by atoms with Crippen molar-refractivity contribution in [2.45, 2.75) is 12.8 Å². The molecule has 5 heteroatoms. The molecule has 3 rings (SSSR count). The maximum absolute atomic E-state index is 12.3. The number of halogens is 1. The molecule has 2 aromatic rings. The van der Waals surface area contributed by atoms with E-state index in [0.717, 1.165) is 37.0 Å². The van der Waals surface area contributed by atoms with E-state index in [4.69, 9.17) is 16.3 Å². The zero-order valence-electron chi connectivity index (χ0n) is 12.1. The Balaban J connectivity index is 1.69. The number of carbonyl (C=O) groups excluding carboxylic acids is 1. The molecule has 4 nitrogen and oxygen atoms in total. The van der Waals surface area contributed by atoms with Gasteiger partial charge in [0.25, 0.3) is 5.91 Å². The van der Waals surface area contributed by atoms with Crippen LogP contribution in [0.3, 0.4) is 0 Å². The zero-order valence-corrected chi connectivity index (χ0v) is 12.8. The van der Waals surface area contributed by atoms with E-state index in [1.54, 1.807) is 0 Å². The number of amides is 1. The van der Waals surface area contributed by atoms with E-state index in [1.165, 1.54) is 0 Å². The van der Waals surface area contributed by atoms with Crippen molar-refractivity contribution in [2.75, 3.05) is 19.8 Å². The summed E-state index contributed by atoms with van der Waals surface area (Å²) >= 11 is 6.20. The maximum Gasteiger partial charge on any atom is 0.267 e. The van der Waals surface area contributed by atoms with E-state index in [2.05, 4.69) is 5.32 Å². The largest absolute Gasteiger partial charge is 0.381 e. The Morgan fingerprint density at radius 1 is 1.52 bits per heavy atom. The Morgan fingerprint density at radius 3 is 3.10 bits per heavy atom. The van der Waals surface area contributed by atoms with Crippen LogP contribution < -0.4 is 5.32 Å². The summed E-state index contributed by atoms with van der Waals surface area (Å²) in [4.78, 5) is 12.3. The van der Waals surface area contributed by atoms with Crippen molar-refractivity contribution in [1.29, 1.82) is 0 Å². The summed E-state index contributed by atoms with van der Waals surface area (Å²) in [6.07, 6.45) is 2.07. The number of aromatic nitrogens is 1. The van der Waals surface area contributed by atoms with Crippen LogP contribution in [0.15, 0.2) is 24.3 Å². The van der Waals surface area contributed by atoms with E-state index < -0.39 is 0 Å². The fraction of sp³-hybridized carbons (Fsp3) is 0.438. The average molecular weight is 307 g/mol. The van der Waals surface area contributed by atoms with Gasteiger partial charge >= 0.3 is 0 Å². The highest BCUT2D eigenvalue weighted by molar-refractivity contribution is 6.35. The maximum atomic E-state index is 12.3. The quantitative estimate of drug-likeness (QED) is 0.943. The zero-order chi connectivity index (χ0) is 14.8. The first-order valence-corrected chi connectivity index (χ1v) is 7.64. The molecular formula is C16H19ClN2O2. The minimum absolute atomic E-state index is 0.0521. The predicted molar refractivity (Wildman–Crippen MR) is 83.8 cm³/mol. The number of hydrogen-bond acceptors (Lipinski definition) is 2. The molecule has 0 saturated carbocycles. The van der Waals surface area contributed by atoms with Crippen LogP contribution in [0.4, 0.5) is 0 Å². The van der Waals surface area contributed by atoms with Crippen molar-refractivity contribution < 1.29 is 9.53 Å². The molecule has 1 amide bonds. The summed E-state index contributed by atoms with van der Waals surface area (Å²) in [6.45, 7) is 2.35. The molecule has 0 aliphatic carbocycles. The molecule has 1 fully saturated rings. The molecule has 1 atom stereocenters. The van der Waals surface area contributed by atoms with E-state index in [0.29, 0.717) is 23.2 Å². The number of ether oxygens (including phenoxy) is 1. The highest BCUT2D eigenvalue weighted by atomic mass is 35.5. The molecule has 1 aliphatic heterocycles. The molecule has 0 spiro atoms. The lowest BCUT2D eigenvalue weighted by Gasteiger charge is -2.09. The Labute approximate surface area is 129 Å². The Bertz CT molecular complexity index is 660. The van der Waals surface area contributed by atoms with Crippen LogP contribution in [0.25, 0.3) is 10.9 Å². The number of hydrogen-bond donors (Lipinski definition) is 1. The summed E-state index contributed by atoms with van der Waals surface area (Å²) in [5.41, 5.74) is 1.54. The van der Waals surface area contributed by atoms with Crippen molar-refractivity contribution in [3.8, 4) is 0 Å². The third-order valence-electron chi connectivity index (χ3n) is 4.10. The lowest BCUT2D eigenvalue weighted by atomic mass is 10.1. The van der Waals surface area contributed by atoms with Gasteiger partial charge in [-0.2, -0.15) is 0 Å². The Hall–Kier alpha value is -1.52. The predicted octanol–water partition coefficient (Wildman–Crippen LogP) is 2.99. The number of benzene rings is 1. The van der Waals surface area contributed by atoms with E-state index >= 15 is 0 Å². The fourth-order valence-electron chi connectivity index (χ4n) is 2.88. The topological polar surface area (TPSA) is 43.3 Å². The van der Waals surface area contributed by atoms with Crippen LogP contribution in [-0.4, -0.2) is 30.2 Å². The molecule has 1 aromatic carbocycles. The van der Waals surface area contributed by atoms with E-state index in [1.807, 2.05) is 35.9 Å². The van der Waals surface area contributed by atoms with Crippen molar-refractivity contribution in [2.24, 2.45) is 13.0 Å². The van der Waals surface area contributed by atoms with Crippen LogP contribution in [0.1, 0.15) is 23.3 Å². The summed E-state index contributed by atoms with van der Waals surface area (Å²) in [7, 11) is 1.87. The lowest BCUT2D eigenvalue weighted by Crippen LogP contribution is -2.27. The molecular weight excluding hydrogens is 288 g/mol. The van der Waals surface area contributed by atoms with Crippen molar-refractivity contribution >= 4 is 28.4 Å². The summed E-state index contributed by atoms with van der Waals surface area (Å²) in [6, 6.07) is 7.58. The lowest BCUT2D eigenvalue weighted by molar-refractivity contribution is 0.0942. The number of carbonyl (C=O) groups is 1. The van der Waals surface area contributed by atoms with Gasteiger partial charge in [-0.15, -0.1) is 0 Å². The first-order chi connectivity index (χ1) is 10.2. The minimum Gasteiger partial charge on any atom is -0.381 e. The van der Waals surface area contributed by atoms with Gasteiger partial charge in [-0.1, -0.05) is 23.7 Å². The minimum atomic E-state index is -0.0521. The highest BCUT2D eigenvalue weighted by Crippen LogP contribution is 2.26. The number of nitrogens with one attached hydrogen (secondary N) is 1. The van der Waals surface area contributed by atoms with E-state index in [-0.39, 0.29) is 5.91 Å². The van der Waals surface area contributed by atoms with Gasteiger partial charge < -0.3 is 14.6 Å². The normalized spacial score (nSPS) is 18.3. The molecule has 0 radical (unpaired) electrons. The number of rotatable bonds is 4. The van der Waals surface area contributed by atoms with Crippen molar-refractivity contribution in [3.05, 3.63) is 35.0 Å². The molecule has 1 aromatic heterocycles. The smallest absolute Gasteiger partial charge is 0.267 e. The van der Waals surface area contributed by atoms with Crippen LogP contribution in [0, 0.1) is 5.92 Å². The highest BCUT2D eigenvalue weighted by Gasteiger charge is 2.17. The first-order valence-electron chi connectivity index (χ1n) is 7.26. The van der Waals surface area contributed by atoms with Crippen LogP contribution >= 0.6 is 11.6 Å². The third-order valence-corrected chi connectivity index (χ3v) is 4.41. The first kappa shape index (κ1) is 14.4. The Kier molecular flexibility index (Phi) is 4.17. The van der Waals surface area contributed by atoms with Crippen molar-refractivity contribution in [3.63, 3.8) is 0 Å². The van der Waals surface area contributed by atoms with Gasteiger partial charge in [0.05, 0.1) is 10.5 Å². The second kappa shape index (κ2) is 6.08. The second-order valence-corrected chi connectivity index (χ2v) is 5.95. The average Bonchev–Trinajstić information content (AvgIpc) is 3.08. The summed E-state index contributed by atoms with van der Waals surface area (Å²) in [5, 5.41) is 4.64. The Morgan fingerprint density at radius 2 is 2.38 bits per heavy atom. The van der Waals surface area contributed by atoms with Crippen LogP contribution in [0.2, 0.25) is 5.02 Å². The van der Waals surface area contributed by atoms with Gasteiger partial charge in [0.1, 0.15) is 5.69 Å². The second-order valence-electron chi connectivity index (χ2n) is 5.54. The van der Waals surface area contributed by atoms with Gasteiger partial charge in [-0.3, -0.25) is 4.79 Å². The van der Waals surface area contributed by atoms with Gasteiger partial charge in [-0.05, 0) is 30.9 Å². The number of aryl methyl sites for hydroxylation is 1. The molecule has 1 aliphatic rings. The van der Waals surface area contributed by atoms with Gasteiger partial charge in [-0.25, -0.2) is 0 Å². The van der Waals surface area contributed by atoms with E-state index in [9.17, 15) is 4.79 Å². The third kappa shape index (κ3) is 2.92. The molecule has 0 unspecified atom stereocenters. The molecule has 1 N–H and O–H groups in total. The fourth-order valence-corrected chi connectivity index (χ4v) is 3.18. The van der Waals surface area contributed by atoms with Gasteiger partial charge in [0, 0.05) is 32.2 Å². The monoisotopic (exact) mass is 306 g/mol. The summed E-state index contributed by atoms with van der Waals surface area (Å²) in [5.74, 6) is 0.524.